The van der Waals surface area contributed by atoms with Crippen molar-refractivity contribution in [3.63, 3.8) is 0 Å². The number of methoxy groups -OCH3 is 1. The maximum absolute atomic E-state index is 4.97. The second-order valence-electron chi connectivity index (χ2n) is 3.07. The molecule has 0 amide bonds. The molecule has 0 radical (unpaired) electrons. The van der Waals surface area contributed by atoms with E-state index in [1.54, 1.807) is 18.9 Å². The summed E-state index contributed by atoms with van der Waals surface area (Å²) in [7, 11) is 1.71. The van der Waals surface area contributed by atoms with E-state index in [2.05, 4.69) is 23.3 Å². The standard InChI is InChI=1S/C11H18N2OS/c1-3-15-11-10(5-4-6-13-11)9-12-7-8-14-2/h4-6,12H,3,7-9H2,1-2H3. The Kier molecular flexibility index (Phi) is 6.39. The maximum atomic E-state index is 4.97. The smallest absolute Gasteiger partial charge is 0.100 e. The van der Waals surface area contributed by atoms with Gasteiger partial charge in [0.15, 0.2) is 0 Å². The molecule has 0 aliphatic heterocycles. The van der Waals surface area contributed by atoms with Crippen molar-refractivity contribution in [2.24, 2.45) is 0 Å². The highest BCUT2D eigenvalue weighted by atomic mass is 32.2. The molecule has 1 N–H and O–H groups in total. The topological polar surface area (TPSA) is 34.2 Å². The third-order valence-corrected chi connectivity index (χ3v) is 2.86. The molecule has 1 aromatic rings. The normalized spacial score (nSPS) is 10.5. The molecule has 0 aromatic carbocycles. The second-order valence-corrected chi connectivity index (χ2v) is 4.32. The van der Waals surface area contributed by atoms with E-state index in [-0.39, 0.29) is 0 Å². The van der Waals surface area contributed by atoms with Crippen molar-refractivity contribution >= 4 is 11.8 Å². The lowest BCUT2D eigenvalue weighted by molar-refractivity contribution is 0.199. The minimum atomic E-state index is 0.747. The molecule has 0 fully saturated rings. The third kappa shape index (κ3) is 4.64. The second kappa shape index (κ2) is 7.68. The fourth-order valence-corrected chi connectivity index (χ4v) is 1.96. The molecular formula is C11H18N2OS. The Balaban J connectivity index is 2.44. The van der Waals surface area contributed by atoms with Crippen LogP contribution >= 0.6 is 11.8 Å². The zero-order chi connectivity index (χ0) is 10.9. The molecule has 0 saturated carbocycles. The van der Waals surface area contributed by atoms with Crippen LogP contribution in [-0.4, -0.2) is 31.0 Å². The summed E-state index contributed by atoms with van der Waals surface area (Å²) in [5.41, 5.74) is 1.26. The van der Waals surface area contributed by atoms with E-state index >= 15 is 0 Å². The summed E-state index contributed by atoms with van der Waals surface area (Å²) >= 11 is 1.78. The van der Waals surface area contributed by atoms with Gasteiger partial charge in [-0.15, -0.1) is 11.8 Å². The number of ether oxygens (including phenoxy) is 1. The summed E-state index contributed by atoms with van der Waals surface area (Å²) in [6.07, 6.45) is 1.84. The Hall–Kier alpha value is -0.580. The van der Waals surface area contributed by atoms with Gasteiger partial charge in [-0.2, -0.15) is 0 Å². The Morgan fingerprint density at radius 3 is 3.13 bits per heavy atom. The molecule has 0 atom stereocenters. The molecule has 3 nitrogen and oxygen atoms in total. The van der Waals surface area contributed by atoms with Crippen LogP contribution in [0.25, 0.3) is 0 Å². The summed E-state index contributed by atoms with van der Waals surface area (Å²) in [5, 5.41) is 4.45. The van der Waals surface area contributed by atoms with Crippen LogP contribution in [0.4, 0.5) is 0 Å². The van der Waals surface area contributed by atoms with Crippen molar-refractivity contribution in [3.8, 4) is 0 Å². The van der Waals surface area contributed by atoms with Crippen LogP contribution in [0.15, 0.2) is 23.4 Å². The average Bonchev–Trinajstić information content (AvgIpc) is 2.27. The number of hydrogen-bond donors (Lipinski definition) is 1. The first-order valence-electron chi connectivity index (χ1n) is 5.14. The first-order chi connectivity index (χ1) is 7.38. The lowest BCUT2D eigenvalue weighted by Crippen LogP contribution is -2.19. The van der Waals surface area contributed by atoms with Gasteiger partial charge in [-0.3, -0.25) is 0 Å². The van der Waals surface area contributed by atoms with Crippen molar-refractivity contribution in [1.29, 1.82) is 0 Å². The molecule has 0 aliphatic carbocycles. The van der Waals surface area contributed by atoms with Crippen LogP contribution in [0.3, 0.4) is 0 Å². The third-order valence-electron chi connectivity index (χ3n) is 1.93. The van der Waals surface area contributed by atoms with E-state index in [9.17, 15) is 0 Å². The van der Waals surface area contributed by atoms with Gasteiger partial charge in [-0.05, 0) is 17.4 Å². The molecule has 84 valence electrons. The summed E-state index contributed by atoms with van der Waals surface area (Å²) in [6, 6.07) is 4.10. The summed E-state index contributed by atoms with van der Waals surface area (Å²) < 4.78 is 4.97. The molecule has 0 bridgehead atoms. The zero-order valence-electron chi connectivity index (χ0n) is 9.32. The van der Waals surface area contributed by atoms with Gasteiger partial charge in [-0.1, -0.05) is 13.0 Å². The van der Waals surface area contributed by atoms with Crippen molar-refractivity contribution in [1.82, 2.24) is 10.3 Å². The monoisotopic (exact) mass is 226 g/mol. The van der Waals surface area contributed by atoms with E-state index in [1.165, 1.54) is 5.56 Å². The fraction of sp³-hybridized carbons (Fsp3) is 0.545. The van der Waals surface area contributed by atoms with Crippen LogP contribution in [0.1, 0.15) is 12.5 Å². The molecule has 0 spiro atoms. The number of nitrogens with one attached hydrogen (secondary N) is 1. The Bertz CT molecular complexity index is 281. The average molecular weight is 226 g/mol. The van der Waals surface area contributed by atoms with Crippen LogP contribution in [0.5, 0.6) is 0 Å². The predicted octanol–water partition coefficient (Wildman–Crippen LogP) is 1.93. The number of rotatable bonds is 7. The molecule has 0 unspecified atom stereocenters. The van der Waals surface area contributed by atoms with Gasteiger partial charge >= 0.3 is 0 Å². The van der Waals surface area contributed by atoms with E-state index < -0.39 is 0 Å². The van der Waals surface area contributed by atoms with Crippen LogP contribution < -0.4 is 5.32 Å². The highest BCUT2D eigenvalue weighted by molar-refractivity contribution is 7.99. The van der Waals surface area contributed by atoms with Crippen molar-refractivity contribution in [2.75, 3.05) is 26.0 Å². The highest BCUT2D eigenvalue weighted by Gasteiger charge is 2.01. The molecule has 4 heteroatoms. The largest absolute Gasteiger partial charge is 0.383 e. The predicted molar refractivity (Wildman–Crippen MR) is 64.2 cm³/mol. The van der Waals surface area contributed by atoms with Gasteiger partial charge in [0.05, 0.1) is 6.61 Å². The van der Waals surface area contributed by atoms with E-state index in [0.717, 1.165) is 30.5 Å². The number of thioether (sulfide) groups is 1. The van der Waals surface area contributed by atoms with E-state index in [1.807, 2.05) is 12.3 Å². The molecule has 1 aromatic heterocycles. The van der Waals surface area contributed by atoms with Gasteiger partial charge in [0, 0.05) is 26.4 Å². The lowest BCUT2D eigenvalue weighted by Gasteiger charge is -2.07. The molecule has 0 aliphatic rings. The number of nitrogens with zero attached hydrogens (tertiary/aromatic N) is 1. The highest BCUT2D eigenvalue weighted by Crippen LogP contribution is 2.18. The lowest BCUT2D eigenvalue weighted by atomic mass is 10.3. The fourth-order valence-electron chi connectivity index (χ4n) is 1.22. The van der Waals surface area contributed by atoms with Crippen LogP contribution in [0, 0.1) is 0 Å². The van der Waals surface area contributed by atoms with E-state index in [4.69, 9.17) is 4.74 Å². The Morgan fingerprint density at radius 1 is 1.53 bits per heavy atom. The van der Waals surface area contributed by atoms with Crippen molar-refractivity contribution in [2.45, 2.75) is 18.5 Å². The van der Waals surface area contributed by atoms with Gasteiger partial charge < -0.3 is 10.1 Å². The molecule has 1 rings (SSSR count). The van der Waals surface area contributed by atoms with Gasteiger partial charge in [0.1, 0.15) is 5.03 Å². The minimum absolute atomic E-state index is 0.747. The van der Waals surface area contributed by atoms with Gasteiger partial charge in [0.2, 0.25) is 0 Å². The Morgan fingerprint density at radius 2 is 2.40 bits per heavy atom. The maximum Gasteiger partial charge on any atom is 0.100 e. The first kappa shape index (κ1) is 12.5. The quantitative estimate of drug-likeness (QED) is 0.569. The summed E-state index contributed by atoms with van der Waals surface area (Å²) in [6.45, 7) is 4.62. The van der Waals surface area contributed by atoms with Crippen molar-refractivity contribution < 1.29 is 4.74 Å². The summed E-state index contributed by atoms with van der Waals surface area (Å²) in [5.74, 6) is 1.06. The van der Waals surface area contributed by atoms with Crippen LogP contribution in [-0.2, 0) is 11.3 Å². The number of hydrogen-bond acceptors (Lipinski definition) is 4. The van der Waals surface area contributed by atoms with Crippen LogP contribution in [0.2, 0.25) is 0 Å². The zero-order valence-corrected chi connectivity index (χ0v) is 10.1. The molecule has 15 heavy (non-hydrogen) atoms. The minimum Gasteiger partial charge on any atom is -0.383 e. The number of aromatic nitrogens is 1. The molecular weight excluding hydrogens is 208 g/mol. The van der Waals surface area contributed by atoms with E-state index in [0.29, 0.717) is 0 Å². The molecule has 0 saturated heterocycles. The summed E-state index contributed by atoms with van der Waals surface area (Å²) in [4.78, 5) is 4.36. The van der Waals surface area contributed by atoms with Gasteiger partial charge in [-0.25, -0.2) is 4.98 Å². The Labute approximate surface area is 95.6 Å². The number of pyridine rings is 1. The first-order valence-corrected chi connectivity index (χ1v) is 6.13. The van der Waals surface area contributed by atoms with Crippen molar-refractivity contribution in [3.05, 3.63) is 23.9 Å². The SMILES string of the molecule is CCSc1ncccc1CNCCOC. The van der Waals surface area contributed by atoms with Gasteiger partial charge in [0.25, 0.3) is 0 Å². The molecule has 1 heterocycles.